The quantitative estimate of drug-likeness (QED) is 0.427. The summed E-state index contributed by atoms with van der Waals surface area (Å²) in [5.41, 5.74) is 6.06. The number of amides is 2. The van der Waals surface area contributed by atoms with E-state index in [2.05, 4.69) is 15.4 Å². The lowest BCUT2D eigenvalue weighted by molar-refractivity contribution is -0.140. The fraction of sp³-hybridized carbons (Fsp3) is 0.182. The highest BCUT2D eigenvalue weighted by molar-refractivity contribution is 7.21. The van der Waals surface area contributed by atoms with Crippen molar-refractivity contribution in [3.63, 3.8) is 0 Å². The maximum atomic E-state index is 13.5. The summed E-state index contributed by atoms with van der Waals surface area (Å²) < 4.78 is 42.2. The molecule has 0 aliphatic rings. The van der Waals surface area contributed by atoms with Crippen molar-refractivity contribution in [1.82, 2.24) is 14.8 Å². The van der Waals surface area contributed by atoms with Crippen molar-refractivity contribution in [2.24, 2.45) is 5.73 Å². The Balaban J connectivity index is 1.81. The lowest BCUT2D eigenvalue weighted by Crippen LogP contribution is -2.18. The van der Waals surface area contributed by atoms with Gasteiger partial charge in [0.2, 0.25) is 5.91 Å². The molecule has 0 bridgehead atoms. The van der Waals surface area contributed by atoms with Crippen LogP contribution in [0.15, 0.2) is 48.8 Å². The summed E-state index contributed by atoms with van der Waals surface area (Å²) in [4.78, 5) is 28.4. The molecular formula is C22H18F3N5O2S. The summed E-state index contributed by atoms with van der Waals surface area (Å²) in [6.45, 7) is 2.16. The Hall–Kier alpha value is -3.73. The molecule has 0 fully saturated rings. The van der Waals surface area contributed by atoms with E-state index in [1.54, 1.807) is 47.4 Å². The van der Waals surface area contributed by atoms with Crippen LogP contribution in [-0.4, -0.2) is 26.6 Å². The highest BCUT2D eigenvalue weighted by Gasteiger charge is 2.35. The maximum Gasteiger partial charge on any atom is 0.433 e. The number of hydrogen-bond donors (Lipinski definition) is 2. The average Bonchev–Trinajstić information content (AvgIpc) is 3.35. The third-order valence-electron chi connectivity index (χ3n) is 4.86. The van der Waals surface area contributed by atoms with E-state index in [0.717, 1.165) is 11.6 Å². The molecule has 0 spiro atoms. The van der Waals surface area contributed by atoms with Crippen molar-refractivity contribution in [2.75, 3.05) is 5.32 Å². The molecule has 0 atom stereocenters. The first-order chi connectivity index (χ1) is 15.6. The van der Waals surface area contributed by atoms with Crippen molar-refractivity contribution in [1.29, 1.82) is 0 Å². The molecule has 0 saturated carbocycles. The number of hydrogen-bond acceptors (Lipinski definition) is 5. The number of rotatable bonds is 6. The molecule has 0 aliphatic heterocycles. The topological polar surface area (TPSA) is 103 Å². The van der Waals surface area contributed by atoms with Gasteiger partial charge in [-0.05, 0) is 29.7 Å². The Kier molecular flexibility index (Phi) is 5.90. The molecule has 4 aromatic rings. The summed E-state index contributed by atoms with van der Waals surface area (Å²) in [6.07, 6.45) is -1.23. The number of aryl methyl sites for hydroxylation is 2. The first kappa shape index (κ1) is 22.5. The van der Waals surface area contributed by atoms with Gasteiger partial charge in [0.15, 0.2) is 0 Å². The zero-order chi connectivity index (χ0) is 23.8. The lowest BCUT2D eigenvalue weighted by atomic mass is 10.0. The van der Waals surface area contributed by atoms with E-state index in [-0.39, 0.29) is 39.3 Å². The number of pyridine rings is 1. The third kappa shape index (κ3) is 4.72. The van der Waals surface area contributed by atoms with E-state index in [4.69, 9.17) is 5.73 Å². The highest BCUT2D eigenvalue weighted by atomic mass is 32.1. The predicted octanol–water partition coefficient (Wildman–Crippen LogP) is 4.61. The van der Waals surface area contributed by atoms with Gasteiger partial charge in [0.05, 0.1) is 11.9 Å². The minimum atomic E-state index is -4.69. The number of anilines is 1. The zero-order valence-corrected chi connectivity index (χ0v) is 18.1. The van der Waals surface area contributed by atoms with Gasteiger partial charge in [-0.2, -0.15) is 18.3 Å². The number of thiophene rings is 1. The second-order valence-corrected chi connectivity index (χ2v) is 8.35. The standard InChI is InChI=1S/C22H18F3N5O2S/c1-12-10-27-30(11-12)8-7-16(31)29-18-17-14(13-5-3-2-4-6-13)9-15(22(23,24)25)28-21(17)33-19(18)20(26)32/h2-6,9-11H,7-8H2,1H3,(H2,26,32)(H,29,31). The number of primary amides is 1. The van der Waals surface area contributed by atoms with Gasteiger partial charge < -0.3 is 11.1 Å². The highest BCUT2D eigenvalue weighted by Crippen LogP contribution is 2.43. The van der Waals surface area contributed by atoms with Gasteiger partial charge in [-0.1, -0.05) is 30.3 Å². The minimum absolute atomic E-state index is 0.0331. The van der Waals surface area contributed by atoms with Crippen LogP contribution in [0.25, 0.3) is 21.3 Å². The van der Waals surface area contributed by atoms with Crippen LogP contribution in [0.2, 0.25) is 0 Å². The van der Waals surface area contributed by atoms with Crippen LogP contribution < -0.4 is 11.1 Å². The Morgan fingerprint density at radius 3 is 2.55 bits per heavy atom. The Morgan fingerprint density at radius 2 is 1.94 bits per heavy atom. The van der Waals surface area contributed by atoms with Gasteiger partial charge >= 0.3 is 6.18 Å². The monoisotopic (exact) mass is 473 g/mol. The lowest BCUT2D eigenvalue weighted by Gasteiger charge is -2.12. The number of fused-ring (bicyclic) bond motifs is 1. The van der Waals surface area contributed by atoms with Crippen LogP contribution in [0.3, 0.4) is 0 Å². The minimum Gasteiger partial charge on any atom is -0.365 e. The summed E-state index contributed by atoms with van der Waals surface area (Å²) in [5, 5.41) is 7.02. The van der Waals surface area contributed by atoms with Gasteiger partial charge in [-0.25, -0.2) is 4.98 Å². The van der Waals surface area contributed by atoms with Crippen LogP contribution in [-0.2, 0) is 17.5 Å². The molecule has 4 rings (SSSR count). The van der Waals surface area contributed by atoms with Crippen LogP contribution in [0.1, 0.15) is 27.3 Å². The first-order valence-corrected chi connectivity index (χ1v) is 10.6. The molecule has 170 valence electrons. The fourth-order valence-corrected chi connectivity index (χ4v) is 4.40. The van der Waals surface area contributed by atoms with Crippen LogP contribution in [0, 0.1) is 6.92 Å². The van der Waals surface area contributed by atoms with Gasteiger partial charge in [0.25, 0.3) is 5.91 Å². The number of nitrogens with one attached hydrogen (secondary N) is 1. The van der Waals surface area contributed by atoms with Crippen LogP contribution in [0.4, 0.5) is 18.9 Å². The van der Waals surface area contributed by atoms with Crippen molar-refractivity contribution in [2.45, 2.75) is 26.1 Å². The summed E-state index contributed by atoms with van der Waals surface area (Å²) in [7, 11) is 0. The Morgan fingerprint density at radius 1 is 1.21 bits per heavy atom. The van der Waals surface area contributed by atoms with Gasteiger partial charge in [-0.15, -0.1) is 11.3 Å². The van der Waals surface area contributed by atoms with Crippen molar-refractivity contribution < 1.29 is 22.8 Å². The number of nitrogens with two attached hydrogens (primary N) is 1. The number of aromatic nitrogens is 3. The number of carbonyl (C=O) groups excluding carboxylic acids is 2. The second kappa shape index (κ2) is 8.66. The predicted molar refractivity (Wildman–Crippen MR) is 119 cm³/mol. The zero-order valence-electron chi connectivity index (χ0n) is 17.3. The molecule has 0 radical (unpaired) electrons. The van der Waals surface area contributed by atoms with Gasteiger partial charge in [-0.3, -0.25) is 14.3 Å². The average molecular weight is 473 g/mol. The van der Waals surface area contributed by atoms with E-state index in [1.807, 2.05) is 6.92 Å². The molecule has 0 saturated heterocycles. The van der Waals surface area contributed by atoms with Gasteiger partial charge in [0.1, 0.15) is 15.4 Å². The SMILES string of the molecule is Cc1cnn(CCC(=O)Nc2c(C(N)=O)sc3nc(C(F)(F)F)cc(-c4ccccc4)c23)c1. The third-order valence-corrected chi connectivity index (χ3v) is 5.95. The van der Waals surface area contributed by atoms with E-state index >= 15 is 0 Å². The molecule has 0 unspecified atom stereocenters. The van der Waals surface area contributed by atoms with Crippen LogP contribution in [0.5, 0.6) is 0 Å². The summed E-state index contributed by atoms with van der Waals surface area (Å²) in [6, 6.07) is 9.29. The fourth-order valence-electron chi connectivity index (χ4n) is 3.39. The molecule has 33 heavy (non-hydrogen) atoms. The molecule has 0 aliphatic carbocycles. The number of carbonyl (C=O) groups is 2. The molecule has 3 aromatic heterocycles. The number of benzene rings is 1. The van der Waals surface area contributed by atoms with E-state index in [1.165, 1.54) is 0 Å². The molecule has 11 heteroatoms. The molecule has 2 amide bonds. The van der Waals surface area contributed by atoms with E-state index in [9.17, 15) is 22.8 Å². The normalized spacial score (nSPS) is 11.6. The Labute approximate surface area is 190 Å². The molecular weight excluding hydrogens is 455 g/mol. The maximum absolute atomic E-state index is 13.5. The number of alkyl halides is 3. The van der Waals surface area contributed by atoms with Crippen molar-refractivity contribution in [3.8, 4) is 11.1 Å². The van der Waals surface area contributed by atoms with E-state index < -0.39 is 23.7 Å². The summed E-state index contributed by atoms with van der Waals surface area (Å²) >= 11 is 0.713. The van der Waals surface area contributed by atoms with Crippen LogP contribution >= 0.6 is 11.3 Å². The molecule has 1 aromatic carbocycles. The largest absolute Gasteiger partial charge is 0.433 e. The Bertz CT molecular complexity index is 1350. The van der Waals surface area contributed by atoms with E-state index in [0.29, 0.717) is 16.9 Å². The van der Waals surface area contributed by atoms with Crippen molar-refractivity contribution >= 4 is 39.1 Å². The summed E-state index contributed by atoms with van der Waals surface area (Å²) in [5.74, 6) is -1.31. The molecule has 3 N–H and O–H groups in total. The molecule has 3 heterocycles. The smallest absolute Gasteiger partial charge is 0.365 e. The number of nitrogens with zero attached hydrogens (tertiary/aromatic N) is 3. The second-order valence-electron chi connectivity index (χ2n) is 7.35. The first-order valence-electron chi connectivity index (χ1n) is 9.82. The van der Waals surface area contributed by atoms with Crippen molar-refractivity contribution in [3.05, 3.63) is 64.9 Å². The molecule has 7 nitrogen and oxygen atoms in total. The van der Waals surface area contributed by atoms with Gasteiger partial charge in [0, 0.05) is 24.5 Å². The number of halogens is 3.